The molecule has 1 aliphatic rings. The largest absolute Gasteiger partial charge is 0.349 e. The number of nitrogens with one attached hydrogen (secondary N) is 1. The average Bonchev–Trinajstić information content (AvgIpc) is 2.48. The van der Waals surface area contributed by atoms with Crippen LogP contribution in [0.1, 0.15) is 44.2 Å². The highest BCUT2D eigenvalue weighted by Crippen LogP contribution is 2.28. The van der Waals surface area contributed by atoms with Gasteiger partial charge in [-0.15, -0.1) is 0 Å². The molecule has 2 rings (SSSR count). The molecule has 1 aromatic rings. The fraction of sp³-hybridized carbons (Fsp3) is 0.600. The second-order valence-corrected chi connectivity index (χ2v) is 5.47. The lowest BCUT2D eigenvalue weighted by Crippen LogP contribution is -2.35. The third-order valence-electron chi connectivity index (χ3n) is 4.09. The predicted octanol–water partition coefficient (Wildman–Crippen LogP) is 2.02. The summed E-state index contributed by atoms with van der Waals surface area (Å²) in [6.07, 6.45) is 7.63. The van der Waals surface area contributed by atoms with E-state index in [2.05, 4.69) is 10.3 Å². The van der Waals surface area contributed by atoms with E-state index in [1.165, 1.54) is 0 Å². The van der Waals surface area contributed by atoms with Crippen molar-refractivity contribution in [2.45, 2.75) is 38.6 Å². The summed E-state index contributed by atoms with van der Waals surface area (Å²) in [6, 6.07) is 3.90. The summed E-state index contributed by atoms with van der Waals surface area (Å²) < 4.78 is 0. The number of amides is 1. The van der Waals surface area contributed by atoms with Crippen LogP contribution in [0.3, 0.4) is 0 Å². The molecule has 1 atom stereocenters. The van der Waals surface area contributed by atoms with Crippen LogP contribution in [0.15, 0.2) is 24.5 Å². The Morgan fingerprint density at radius 2 is 2.21 bits per heavy atom. The van der Waals surface area contributed by atoms with E-state index in [1.54, 1.807) is 12.4 Å². The lowest BCUT2D eigenvalue weighted by Gasteiger charge is -2.27. The monoisotopic (exact) mass is 261 g/mol. The number of nitrogens with zero attached hydrogens (tertiary/aromatic N) is 1. The highest BCUT2D eigenvalue weighted by molar-refractivity contribution is 5.79. The molecule has 3 N–H and O–H groups in total. The lowest BCUT2D eigenvalue weighted by atomic mass is 9.81. The van der Waals surface area contributed by atoms with Crippen molar-refractivity contribution in [2.24, 2.45) is 17.6 Å². The molecular weight excluding hydrogens is 238 g/mol. The molecule has 1 unspecified atom stereocenters. The predicted molar refractivity (Wildman–Crippen MR) is 75.3 cm³/mol. The van der Waals surface area contributed by atoms with Crippen LogP contribution in [-0.4, -0.2) is 17.4 Å². The molecule has 0 aliphatic heterocycles. The van der Waals surface area contributed by atoms with Crippen LogP contribution in [0.25, 0.3) is 0 Å². The van der Waals surface area contributed by atoms with E-state index < -0.39 is 0 Å². The molecule has 0 radical (unpaired) electrons. The minimum absolute atomic E-state index is 0.0217. The van der Waals surface area contributed by atoms with Crippen LogP contribution in [0, 0.1) is 11.8 Å². The molecule has 19 heavy (non-hydrogen) atoms. The standard InChI is InChI=1S/C15H23N3O/c1-11(14-3-2-8-17-10-14)18-15(19)13-6-4-12(9-16)5-7-13/h2-3,8,10-13H,4-7,9,16H2,1H3,(H,18,19). The third-order valence-corrected chi connectivity index (χ3v) is 4.09. The van der Waals surface area contributed by atoms with Crippen molar-refractivity contribution in [3.63, 3.8) is 0 Å². The van der Waals surface area contributed by atoms with Crippen molar-refractivity contribution in [3.8, 4) is 0 Å². The van der Waals surface area contributed by atoms with Crippen LogP contribution < -0.4 is 11.1 Å². The Bertz CT molecular complexity index is 399. The van der Waals surface area contributed by atoms with Crippen LogP contribution in [-0.2, 0) is 4.79 Å². The molecule has 4 heteroatoms. The van der Waals surface area contributed by atoms with Gasteiger partial charge in [0.2, 0.25) is 5.91 Å². The minimum Gasteiger partial charge on any atom is -0.349 e. The molecule has 1 heterocycles. The van der Waals surface area contributed by atoms with Gasteiger partial charge in [0, 0.05) is 18.3 Å². The Morgan fingerprint density at radius 3 is 2.79 bits per heavy atom. The van der Waals surface area contributed by atoms with Crippen molar-refractivity contribution in [1.29, 1.82) is 0 Å². The van der Waals surface area contributed by atoms with E-state index in [0.29, 0.717) is 5.92 Å². The molecule has 1 saturated carbocycles. The highest BCUT2D eigenvalue weighted by Gasteiger charge is 2.26. The first-order valence-corrected chi connectivity index (χ1v) is 7.11. The second kappa shape index (κ2) is 6.66. The van der Waals surface area contributed by atoms with Crippen molar-refractivity contribution in [2.75, 3.05) is 6.54 Å². The number of hydrogen-bond acceptors (Lipinski definition) is 3. The van der Waals surface area contributed by atoms with Crippen LogP contribution in [0.4, 0.5) is 0 Å². The number of carbonyl (C=O) groups is 1. The highest BCUT2D eigenvalue weighted by atomic mass is 16.1. The van der Waals surface area contributed by atoms with Gasteiger partial charge in [-0.05, 0) is 56.7 Å². The number of nitrogens with two attached hydrogens (primary N) is 1. The number of carbonyl (C=O) groups excluding carboxylic acids is 1. The number of rotatable bonds is 4. The van der Waals surface area contributed by atoms with Gasteiger partial charge in [-0.2, -0.15) is 0 Å². The molecular formula is C15H23N3O. The van der Waals surface area contributed by atoms with Gasteiger partial charge in [0.05, 0.1) is 6.04 Å². The fourth-order valence-electron chi connectivity index (χ4n) is 2.71. The van der Waals surface area contributed by atoms with Crippen molar-refractivity contribution < 1.29 is 4.79 Å². The van der Waals surface area contributed by atoms with Gasteiger partial charge in [-0.3, -0.25) is 9.78 Å². The van der Waals surface area contributed by atoms with Crippen molar-refractivity contribution in [1.82, 2.24) is 10.3 Å². The van der Waals surface area contributed by atoms with Crippen molar-refractivity contribution >= 4 is 5.91 Å². The lowest BCUT2D eigenvalue weighted by molar-refractivity contribution is -0.126. The fourth-order valence-corrected chi connectivity index (χ4v) is 2.71. The Balaban J connectivity index is 1.84. The van der Waals surface area contributed by atoms with Crippen molar-refractivity contribution in [3.05, 3.63) is 30.1 Å². The van der Waals surface area contributed by atoms with Gasteiger partial charge >= 0.3 is 0 Å². The molecule has 0 spiro atoms. The van der Waals surface area contributed by atoms with Gasteiger partial charge in [0.1, 0.15) is 0 Å². The van der Waals surface area contributed by atoms with Gasteiger partial charge < -0.3 is 11.1 Å². The zero-order valence-corrected chi connectivity index (χ0v) is 11.5. The molecule has 0 bridgehead atoms. The summed E-state index contributed by atoms with van der Waals surface area (Å²) in [5.74, 6) is 0.938. The van der Waals surface area contributed by atoms with Gasteiger partial charge in [-0.25, -0.2) is 0 Å². The van der Waals surface area contributed by atoms with Crippen LogP contribution in [0.5, 0.6) is 0 Å². The Labute approximate surface area is 114 Å². The molecule has 0 aromatic carbocycles. The summed E-state index contributed by atoms with van der Waals surface area (Å²) >= 11 is 0. The maximum atomic E-state index is 12.2. The number of hydrogen-bond donors (Lipinski definition) is 2. The third kappa shape index (κ3) is 3.77. The molecule has 1 aromatic heterocycles. The first-order chi connectivity index (χ1) is 9.20. The molecule has 4 nitrogen and oxygen atoms in total. The Hall–Kier alpha value is -1.42. The number of aromatic nitrogens is 1. The summed E-state index contributed by atoms with van der Waals surface area (Å²) in [6.45, 7) is 2.75. The second-order valence-electron chi connectivity index (χ2n) is 5.47. The summed E-state index contributed by atoms with van der Waals surface area (Å²) in [5, 5.41) is 3.09. The van der Waals surface area contributed by atoms with Gasteiger partial charge in [0.25, 0.3) is 0 Å². The van der Waals surface area contributed by atoms with Gasteiger partial charge in [-0.1, -0.05) is 6.07 Å². The molecule has 1 amide bonds. The van der Waals surface area contributed by atoms with Crippen LogP contribution >= 0.6 is 0 Å². The van der Waals surface area contributed by atoms with E-state index >= 15 is 0 Å². The summed E-state index contributed by atoms with van der Waals surface area (Å²) in [5.41, 5.74) is 6.72. The SMILES string of the molecule is CC(NC(=O)C1CCC(CN)CC1)c1cccnc1. The van der Waals surface area contributed by atoms with Gasteiger partial charge in [0.15, 0.2) is 0 Å². The number of pyridine rings is 1. The maximum Gasteiger partial charge on any atom is 0.223 e. The van der Waals surface area contributed by atoms with E-state index in [-0.39, 0.29) is 17.9 Å². The molecule has 0 saturated heterocycles. The quantitative estimate of drug-likeness (QED) is 0.871. The zero-order valence-electron chi connectivity index (χ0n) is 11.5. The molecule has 1 aliphatic carbocycles. The van der Waals surface area contributed by atoms with E-state index in [9.17, 15) is 4.79 Å². The first kappa shape index (κ1) is 14.0. The minimum atomic E-state index is 0.0217. The first-order valence-electron chi connectivity index (χ1n) is 7.11. The smallest absolute Gasteiger partial charge is 0.223 e. The Kier molecular flexibility index (Phi) is 4.91. The average molecular weight is 261 g/mol. The summed E-state index contributed by atoms with van der Waals surface area (Å²) in [4.78, 5) is 16.3. The van der Waals surface area contributed by atoms with Crippen LogP contribution in [0.2, 0.25) is 0 Å². The topological polar surface area (TPSA) is 68.0 Å². The van der Waals surface area contributed by atoms with E-state index in [1.807, 2.05) is 19.1 Å². The van der Waals surface area contributed by atoms with E-state index in [0.717, 1.165) is 37.8 Å². The molecule has 104 valence electrons. The Morgan fingerprint density at radius 1 is 1.47 bits per heavy atom. The molecule has 1 fully saturated rings. The normalized spacial score (nSPS) is 24.7. The van der Waals surface area contributed by atoms with E-state index in [4.69, 9.17) is 5.73 Å². The zero-order chi connectivity index (χ0) is 13.7. The summed E-state index contributed by atoms with van der Waals surface area (Å²) in [7, 11) is 0. The maximum absolute atomic E-state index is 12.2.